The zero-order valence-corrected chi connectivity index (χ0v) is 11.1. The van der Waals surface area contributed by atoms with Crippen molar-refractivity contribution in [3.63, 3.8) is 0 Å². The number of thiazole rings is 1. The van der Waals surface area contributed by atoms with Gasteiger partial charge in [-0.25, -0.2) is 13.8 Å². The second kappa shape index (κ2) is 5.42. The molecule has 2 heterocycles. The van der Waals surface area contributed by atoms with Crippen molar-refractivity contribution in [2.24, 2.45) is 0 Å². The molecule has 0 aliphatic carbocycles. The largest absolute Gasteiger partial charge is 0.467 e. The van der Waals surface area contributed by atoms with Crippen molar-refractivity contribution in [2.45, 2.75) is 6.54 Å². The second-order valence-corrected chi connectivity index (χ2v) is 4.95. The summed E-state index contributed by atoms with van der Waals surface area (Å²) in [4.78, 5) is 4.24. The van der Waals surface area contributed by atoms with E-state index in [1.165, 1.54) is 11.3 Å². The Morgan fingerprint density at radius 1 is 1.25 bits per heavy atom. The van der Waals surface area contributed by atoms with Crippen LogP contribution in [0.25, 0.3) is 11.3 Å². The van der Waals surface area contributed by atoms with Gasteiger partial charge in [-0.1, -0.05) is 0 Å². The molecule has 0 atom stereocenters. The lowest BCUT2D eigenvalue weighted by Gasteiger charge is -2.00. The van der Waals surface area contributed by atoms with Crippen LogP contribution < -0.4 is 5.32 Å². The minimum atomic E-state index is -0.491. The Bertz CT molecular complexity index is 710. The van der Waals surface area contributed by atoms with Crippen LogP contribution in [-0.4, -0.2) is 4.98 Å². The molecule has 0 saturated heterocycles. The minimum Gasteiger partial charge on any atom is -0.467 e. The van der Waals surface area contributed by atoms with E-state index < -0.39 is 11.6 Å². The first-order chi connectivity index (χ1) is 9.72. The number of nitrogens with zero attached hydrogens (tertiary/aromatic N) is 1. The third-order valence-corrected chi connectivity index (χ3v) is 3.50. The van der Waals surface area contributed by atoms with Crippen LogP contribution in [0.15, 0.2) is 46.4 Å². The highest BCUT2D eigenvalue weighted by Gasteiger charge is 2.10. The third kappa shape index (κ3) is 2.70. The highest BCUT2D eigenvalue weighted by atomic mass is 32.1. The number of nitrogens with one attached hydrogen (secondary N) is 1. The van der Waals surface area contributed by atoms with Crippen LogP contribution in [0.5, 0.6) is 0 Å². The van der Waals surface area contributed by atoms with Crippen molar-refractivity contribution in [3.05, 3.63) is 59.4 Å². The van der Waals surface area contributed by atoms with E-state index in [2.05, 4.69) is 10.3 Å². The molecule has 0 amide bonds. The van der Waals surface area contributed by atoms with Gasteiger partial charge in [0.15, 0.2) is 5.13 Å². The molecule has 2 aromatic heterocycles. The molecule has 0 aliphatic heterocycles. The molecule has 102 valence electrons. The van der Waals surface area contributed by atoms with Gasteiger partial charge in [-0.15, -0.1) is 11.3 Å². The predicted molar refractivity (Wildman–Crippen MR) is 73.5 cm³/mol. The zero-order chi connectivity index (χ0) is 13.9. The zero-order valence-electron chi connectivity index (χ0n) is 10.3. The van der Waals surface area contributed by atoms with Gasteiger partial charge in [0, 0.05) is 10.9 Å². The SMILES string of the molecule is Fc1ccc(F)c(-c2csc(NCc3ccco3)n2)c1. The van der Waals surface area contributed by atoms with Crippen molar-refractivity contribution >= 4 is 16.5 Å². The van der Waals surface area contributed by atoms with Crippen molar-refractivity contribution in [2.75, 3.05) is 5.32 Å². The number of benzene rings is 1. The Morgan fingerprint density at radius 3 is 2.95 bits per heavy atom. The molecule has 1 aromatic carbocycles. The van der Waals surface area contributed by atoms with Gasteiger partial charge in [-0.3, -0.25) is 0 Å². The topological polar surface area (TPSA) is 38.1 Å². The van der Waals surface area contributed by atoms with Gasteiger partial charge in [-0.05, 0) is 30.3 Å². The molecule has 20 heavy (non-hydrogen) atoms. The lowest BCUT2D eigenvalue weighted by Crippen LogP contribution is -1.97. The summed E-state index contributed by atoms with van der Waals surface area (Å²) in [5.74, 6) is -0.201. The van der Waals surface area contributed by atoms with E-state index in [0.29, 0.717) is 17.4 Å². The summed E-state index contributed by atoms with van der Waals surface area (Å²) in [6.07, 6.45) is 1.59. The molecule has 3 nitrogen and oxygen atoms in total. The van der Waals surface area contributed by atoms with Crippen LogP contribution in [0.2, 0.25) is 0 Å². The first-order valence-electron chi connectivity index (χ1n) is 5.89. The van der Waals surface area contributed by atoms with Crippen molar-refractivity contribution in [1.29, 1.82) is 0 Å². The number of furan rings is 1. The average molecular weight is 292 g/mol. The summed E-state index contributed by atoms with van der Waals surface area (Å²) in [6, 6.07) is 6.96. The van der Waals surface area contributed by atoms with Crippen LogP contribution in [0.1, 0.15) is 5.76 Å². The van der Waals surface area contributed by atoms with Gasteiger partial charge in [-0.2, -0.15) is 0 Å². The smallest absolute Gasteiger partial charge is 0.183 e. The fourth-order valence-electron chi connectivity index (χ4n) is 1.75. The Labute approximate surface area is 117 Å². The maximum absolute atomic E-state index is 13.6. The van der Waals surface area contributed by atoms with E-state index in [1.807, 2.05) is 6.07 Å². The monoisotopic (exact) mass is 292 g/mol. The molecule has 0 bridgehead atoms. The molecule has 3 aromatic rings. The summed E-state index contributed by atoms with van der Waals surface area (Å²) in [5, 5.41) is 5.38. The first kappa shape index (κ1) is 12.8. The molecular weight excluding hydrogens is 282 g/mol. The fraction of sp³-hybridized carbons (Fsp3) is 0.0714. The van der Waals surface area contributed by atoms with Gasteiger partial charge in [0.1, 0.15) is 17.4 Å². The van der Waals surface area contributed by atoms with Crippen LogP contribution in [0.3, 0.4) is 0 Å². The van der Waals surface area contributed by atoms with Crippen molar-refractivity contribution < 1.29 is 13.2 Å². The summed E-state index contributed by atoms with van der Waals surface area (Å²) < 4.78 is 32.0. The second-order valence-electron chi connectivity index (χ2n) is 4.09. The van der Waals surface area contributed by atoms with Crippen LogP contribution in [0, 0.1) is 11.6 Å². The molecule has 6 heteroatoms. The van der Waals surface area contributed by atoms with Crippen molar-refractivity contribution in [3.8, 4) is 11.3 Å². The van der Waals surface area contributed by atoms with E-state index in [9.17, 15) is 8.78 Å². The number of hydrogen-bond acceptors (Lipinski definition) is 4. The van der Waals surface area contributed by atoms with Gasteiger partial charge >= 0.3 is 0 Å². The standard InChI is InChI=1S/C14H10F2N2OS/c15-9-3-4-12(16)11(6-9)13-8-20-14(18-13)17-7-10-2-1-5-19-10/h1-6,8H,7H2,(H,17,18). The molecule has 0 spiro atoms. The maximum Gasteiger partial charge on any atom is 0.183 e. The van der Waals surface area contributed by atoms with Crippen LogP contribution in [-0.2, 0) is 6.54 Å². The van der Waals surface area contributed by atoms with E-state index in [1.54, 1.807) is 17.7 Å². The highest BCUT2D eigenvalue weighted by Crippen LogP contribution is 2.27. The lowest BCUT2D eigenvalue weighted by molar-refractivity contribution is 0.518. The summed E-state index contributed by atoms with van der Waals surface area (Å²) >= 11 is 1.33. The first-order valence-corrected chi connectivity index (χ1v) is 6.77. The number of halogens is 2. The highest BCUT2D eigenvalue weighted by molar-refractivity contribution is 7.14. The Morgan fingerprint density at radius 2 is 2.15 bits per heavy atom. The van der Waals surface area contributed by atoms with Gasteiger partial charge in [0.25, 0.3) is 0 Å². The Hall–Kier alpha value is -2.21. The van der Waals surface area contributed by atoms with Gasteiger partial charge in [0.2, 0.25) is 0 Å². The van der Waals surface area contributed by atoms with E-state index in [0.717, 1.165) is 24.0 Å². The summed E-state index contributed by atoms with van der Waals surface area (Å²) in [6.45, 7) is 0.492. The van der Waals surface area contributed by atoms with E-state index >= 15 is 0 Å². The minimum absolute atomic E-state index is 0.160. The number of anilines is 1. The normalized spacial score (nSPS) is 10.7. The maximum atomic E-state index is 13.6. The van der Waals surface area contributed by atoms with E-state index in [-0.39, 0.29) is 5.56 Å². The molecule has 0 unspecified atom stereocenters. The lowest BCUT2D eigenvalue weighted by atomic mass is 10.1. The molecule has 0 radical (unpaired) electrons. The van der Waals surface area contributed by atoms with E-state index in [4.69, 9.17) is 4.42 Å². The average Bonchev–Trinajstić information content (AvgIpc) is 3.10. The Kier molecular flexibility index (Phi) is 3.47. The third-order valence-electron chi connectivity index (χ3n) is 2.70. The number of hydrogen-bond donors (Lipinski definition) is 1. The predicted octanol–water partition coefficient (Wildman–Crippen LogP) is 4.29. The van der Waals surface area contributed by atoms with Crippen LogP contribution in [0.4, 0.5) is 13.9 Å². The summed E-state index contributed by atoms with van der Waals surface area (Å²) in [5.41, 5.74) is 0.571. The van der Waals surface area contributed by atoms with Gasteiger partial charge < -0.3 is 9.73 Å². The number of rotatable bonds is 4. The Balaban J connectivity index is 1.77. The fourth-order valence-corrected chi connectivity index (χ4v) is 2.46. The molecule has 0 saturated carbocycles. The molecular formula is C14H10F2N2OS. The molecule has 0 aliphatic rings. The number of aromatic nitrogens is 1. The molecule has 3 rings (SSSR count). The molecule has 0 fully saturated rings. The molecule has 1 N–H and O–H groups in total. The summed E-state index contributed by atoms with van der Waals surface area (Å²) in [7, 11) is 0. The van der Waals surface area contributed by atoms with Gasteiger partial charge in [0.05, 0.1) is 18.5 Å². The quantitative estimate of drug-likeness (QED) is 0.779. The van der Waals surface area contributed by atoms with Crippen molar-refractivity contribution in [1.82, 2.24) is 4.98 Å². The van der Waals surface area contributed by atoms with Crippen LogP contribution >= 0.6 is 11.3 Å².